The summed E-state index contributed by atoms with van der Waals surface area (Å²) >= 11 is 0. The van der Waals surface area contributed by atoms with E-state index in [1.165, 1.54) is 0 Å². The number of carbonyl (C=O) groups is 1. The molecule has 0 unspecified atom stereocenters. The molecule has 2 aliphatic rings. The lowest BCUT2D eigenvalue weighted by molar-refractivity contribution is 0.0704. The van der Waals surface area contributed by atoms with Crippen LogP contribution in [0.2, 0.25) is 0 Å². The number of amides is 1. The van der Waals surface area contributed by atoms with E-state index < -0.39 is 10.0 Å². The van der Waals surface area contributed by atoms with E-state index in [0.29, 0.717) is 31.6 Å². The molecule has 2 aromatic carbocycles. The lowest BCUT2D eigenvalue weighted by Gasteiger charge is -2.32. The van der Waals surface area contributed by atoms with Crippen LogP contribution in [-0.4, -0.2) is 47.9 Å². The predicted octanol–water partition coefficient (Wildman–Crippen LogP) is 3.86. The molecule has 0 saturated carbocycles. The largest absolute Gasteiger partial charge is 0.337 e. The van der Waals surface area contributed by atoms with Crippen molar-refractivity contribution in [2.75, 3.05) is 13.1 Å². The standard InChI is InChI=1S/C26H30N4O3S/c31-26(29-18-15-21(16-19-29)28-34(32,33)22-12-6-2-7-13-22)24-23-14-8-3-9-17-30(23)25(27-24)20-10-4-1-5-11-20/h1-2,4-7,10-13,21,28H,3,8-9,14-19H2. The molecule has 5 rings (SSSR count). The van der Waals surface area contributed by atoms with Gasteiger partial charge in [0.2, 0.25) is 10.0 Å². The van der Waals surface area contributed by atoms with E-state index >= 15 is 0 Å². The first-order chi connectivity index (χ1) is 16.5. The summed E-state index contributed by atoms with van der Waals surface area (Å²) in [6.45, 7) is 1.89. The number of fused-ring (bicyclic) bond motifs is 1. The highest BCUT2D eigenvalue weighted by molar-refractivity contribution is 7.89. The van der Waals surface area contributed by atoms with Crippen LogP contribution < -0.4 is 4.72 Å². The van der Waals surface area contributed by atoms with Gasteiger partial charge in [0.25, 0.3) is 5.91 Å². The van der Waals surface area contributed by atoms with E-state index in [-0.39, 0.29) is 16.8 Å². The Balaban J connectivity index is 1.32. The topological polar surface area (TPSA) is 84.3 Å². The Hall–Kier alpha value is -2.97. The molecule has 1 amide bonds. The molecule has 1 N–H and O–H groups in total. The van der Waals surface area contributed by atoms with E-state index in [9.17, 15) is 13.2 Å². The second-order valence-corrected chi connectivity index (χ2v) is 10.8. The zero-order chi connectivity index (χ0) is 23.5. The Morgan fingerprint density at radius 1 is 0.882 bits per heavy atom. The van der Waals surface area contributed by atoms with E-state index in [4.69, 9.17) is 4.98 Å². The lowest BCUT2D eigenvalue weighted by Crippen LogP contribution is -2.46. The van der Waals surface area contributed by atoms with Gasteiger partial charge in [-0.1, -0.05) is 55.0 Å². The number of sulfonamides is 1. The number of likely N-dealkylation sites (tertiary alicyclic amines) is 1. The minimum atomic E-state index is -3.56. The SMILES string of the molecule is O=C(c1nc(-c2ccccc2)n2c1CCCCC2)N1CCC(NS(=O)(=O)c2ccccc2)CC1. The van der Waals surface area contributed by atoms with Crippen molar-refractivity contribution in [3.05, 3.63) is 72.1 Å². The van der Waals surface area contributed by atoms with Crippen molar-refractivity contribution < 1.29 is 13.2 Å². The summed E-state index contributed by atoms with van der Waals surface area (Å²) < 4.78 is 30.4. The number of hydrogen-bond donors (Lipinski definition) is 1. The summed E-state index contributed by atoms with van der Waals surface area (Å²) in [5, 5.41) is 0. The first-order valence-corrected chi connectivity index (χ1v) is 13.5. The third kappa shape index (κ3) is 4.65. The van der Waals surface area contributed by atoms with Crippen LogP contribution in [0.1, 0.15) is 48.3 Å². The van der Waals surface area contributed by atoms with Crippen LogP contribution in [0, 0.1) is 0 Å². The molecule has 1 saturated heterocycles. The first-order valence-electron chi connectivity index (χ1n) is 12.0. The Bertz CT molecular complexity index is 1250. The van der Waals surface area contributed by atoms with Crippen LogP contribution in [0.5, 0.6) is 0 Å². The number of aromatic nitrogens is 2. The Morgan fingerprint density at radius 3 is 2.26 bits per heavy atom. The molecule has 0 aliphatic carbocycles. The normalized spacial score (nSPS) is 17.2. The molecule has 178 valence electrons. The fourth-order valence-electron chi connectivity index (χ4n) is 4.94. The molecule has 1 aromatic heterocycles. The zero-order valence-electron chi connectivity index (χ0n) is 19.2. The van der Waals surface area contributed by atoms with Crippen LogP contribution >= 0.6 is 0 Å². The molecule has 2 aliphatic heterocycles. The molecule has 7 nitrogen and oxygen atoms in total. The highest BCUT2D eigenvalue weighted by Gasteiger charge is 2.31. The van der Waals surface area contributed by atoms with Crippen molar-refractivity contribution in [1.29, 1.82) is 0 Å². The van der Waals surface area contributed by atoms with Crippen LogP contribution in [0.4, 0.5) is 0 Å². The highest BCUT2D eigenvalue weighted by Crippen LogP contribution is 2.28. The van der Waals surface area contributed by atoms with Gasteiger partial charge in [-0.25, -0.2) is 18.1 Å². The molecule has 3 aromatic rings. The van der Waals surface area contributed by atoms with Gasteiger partial charge in [-0.2, -0.15) is 0 Å². The van der Waals surface area contributed by atoms with E-state index in [2.05, 4.69) is 9.29 Å². The first kappa shape index (κ1) is 22.8. The van der Waals surface area contributed by atoms with Gasteiger partial charge < -0.3 is 9.47 Å². The molecule has 0 bridgehead atoms. The van der Waals surface area contributed by atoms with Gasteiger partial charge in [0.15, 0.2) is 0 Å². The minimum absolute atomic E-state index is 0.0443. The maximum atomic E-state index is 13.6. The minimum Gasteiger partial charge on any atom is -0.337 e. The fraction of sp³-hybridized carbons (Fsp3) is 0.385. The summed E-state index contributed by atoms with van der Waals surface area (Å²) in [4.78, 5) is 20.5. The van der Waals surface area contributed by atoms with Gasteiger partial charge in [0.1, 0.15) is 11.5 Å². The second-order valence-electron chi connectivity index (χ2n) is 9.06. The Kier molecular flexibility index (Phi) is 6.52. The van der Waals surface area contributed by atoms with E-state index in [0.717, 1.165) is 49.3 Å². The molecule has 8 heteroatoms. The molecular formula is C26H30N4O3S. The second kappa shape index (κ2) is 9.72. The van der Waals surface area contributed by atoms with Gasteiger partial charge in [-0.05, 0) is 44.2 Å². The van der Waals surface area contributed by atoms with Crippen LogP contribution in [0.25, 0.3) is 11.4 Å². The molecular weight excluding hydrogens is 448 g/mol. The van der Waals surface area contributed by atoms with E-state index in [1.54, 1.807) is 30.3 Å². The van der Waals surface area contributed by atoms with Crippen molar-refractivity contribution in [3.63, 3.8) is 0 Å². The number of imidazole rings is 1. The van der Waals surface area contributed by atoms with Crippen molar-refractivity contribution in [2.24, 2.45) is 0 Å². The quantitative estimate of drug-likeness (QED) is 0.604. The number of rotatable bonds is 5. The molecule has 1 fully saturated rings. The number of piperidine rings is 1. The number of carbonyl (C=O) groups excluding carboxylic acids is 1. The predicted molar refractivity (Wildman–Crippen MR) is 131 cm³/mol. The van der Waals surface area contributed by atoms with Crippen LogP contribution in [0.3, 0.4) is 0 Å². The van der Waals surface area contributed by atoms with Gasteiger partial charge in [-0.3, -0.25) is 4.79 Å². The van der Waals surface area contributed by atoms with Gasteiger partial charge >= 0.3 is 0 Å². The summed E-state index contributed by atoms with van der Waals surface area (Å²) in [5.41, 5.74) is 2.62. The van der Waals surface area contributed by atoms with Crippen molar-refractivity contribution >= 4 is 15.9 Å². The maximum absolute atomic E-state index is 13.6. The van der Waals surface area contributed by atoms with Crippen molar-refractivity contribution in [3.8, 4) is 11.4 Å². The number of nitrogens with zero attached hydrogens (tertiary/aromatic N) is 3. The Labute approximate surface area is 200 Å². The number of nitrogens with one attached hydrogen (secondary N) is 1. The fourth-order valence-corrected chi connectivity index (χ4v) is 6.26. The third-order valence-electron chi connectivity index (χ3n) is 6.76. The molecule has 3 heterocycles. The number of benzene rings is 2. The summed E-state index contributed by atoms with van der Waals surface area (Å²) in [6.07, 6.45) is 5.32. The van der Waals surface area contributed by atoms with Gasteiger partial charge in [0.05, 0.1) is 10.6 Å². The van der Waals surface area contributed by atoms with Crippen molar-refractivity contribution in [2.45, 2.75) is 56.0 Å². The van der Waals surface area contributed by atoms with Gasteiger partial charge in [-0.15, -0.1) is 0 Å². The molecule has 34 heavy (non-hydrogen) atoms. The van der Waals surface area contributed by atoms with Crippen LogP contribution in [-0.2, 0) is 23.0 Å². The summed E-state index contributed by atoms with van der Waals surface area (Å²) in [6, 6.07) is 18.3. The summed E-state index contributed by atoms with van der Waals surface area (Å²) in [7, 11) is -3.56. The lowest BCUT2D eigenvalue weighted by atomic mass is 10.1. The molecule has 0 spiro atoms. The molecule has 0 radical (unpaired) electrons. The summed E-state index contributed by atoms with van der Waals surface area (Å²) in [5.74, 6) is 0.823. The Morgan fingerprint density at radius 2 is 1.56 bits per heavy atom. The van der Waals surface area contributed by atoms with Crippen LogP contribution in [0.15, 0.2) is 65.6 Å². The zero-order valence-corrected chi connectivity index (χ0v) is 20.0. The maximum Gasteiger partial charge on any atom is 0.274 e. The molecule has 0 atom stereocenters. The highest BCUT2D eigenvalue weighted by atomic mass is 32.2. The average Bonchev–Trinajstić information content (AvgIpc) is 3.05. The average molecular weight is 479 g/mol. The smallest absolute Gasteiger partial charge is 0.274 e. The van der Waals surface area contributed by atoms with E-state index in [1.807, 2.05) is 35.2 Å². The van der Waals surface area contributed by atoms with Crippen molar-refractivity contribution in [1.82, 2.24) is 19.2 Å². The number of hydrogen-bond acceptors (Lipinski definition) is 4. The monoisotopic (exact) mass is 478 g/mol. The third-order valence-corrected chi connectivity index (χ3v) is 8.30. The van der Waals surface area contributed by atoms with Gasteiger partial charge in [0, 0.05) is 31.2 Å².